The Balaban J connectivity index is 2.25. The fraction of sp³-hybridized carbons (Fsp3) is 0.350. The molecule has 0 spiro atoms. The molecule has 2 aromatic carbocycles. The lowest BCUT2D eigenvalue weighted by Crippen LogP contribution is -2.39. The van der Waals surface area contributed by atoms with E-state index in [0.717, 1.165) is 30.3 Å². The van der Waals surface area contributed by atoms with Crippen LogP contribution in [0.15, 0.2) is 36.4 Å². The van der Waals surface area contributed by atoms with Gasteiger partial charge in [-0.2, -0.15) is 13.2 Å². The Hall–Kier alpha value is -2.32. The molecular formula is C20H18ClF4NO3. The highest BCUT2D eigenvalue weighted by atomic mass is 35.5. The molecule has 4 nitrogen and oxygen atoms in total. The van der Waals surface area contributed by atoms with Crippen LogP contribution in [0.2, 0.25) is 5.02 Å². The molecule has 29 heavy (non-hydrogen) atoms. The van der Waals surface area contributed by atoms with Gasteiger partial charge in [0.15, 0.2) is 0 Å². The van der Waals surface area contributed by atoms with Crippen LogP contribution in [0.3, 0.4) is 0 Å². The van der Waals surface area contributed by atoms with E-state index in [9.17, 15) is 27.5 Å². The molecule has 1 saturated heterocycles. The van der Waals surface area contributed by atoms with Gasteiger partial charge < -0.3 is 9.84 Å². The van der Waals surface area contributed by atoms with Crippen LogP contribution >= 0.6 is 11.6 Å². The summed E-state index contributed by atoms with van der Waals surface area (Å²) >= 11 is 6.26. The molecule has 1 heterocycles. The number of benzene rings is 2. The largest absolute Gasteiger partial charge is 0.496 e. The number of likely N-dealkylation sites (tertiary alicyclic amines) is 1. The van der Waals surface area contributed by atoms with Crippen molar-refractivity contribution in [2.24, 2.45) is 0 Å². The van der Waals surface area contributed by atoms with Crippen LogP contribution in [0.5, 0.6) is 5.75 Å². The molecule has 0 aliphatic carbocycles. The van der Waals surface area contributed by atoms with Crippen molar-refractivity contribution in [2.75, 3.05) is 13.7 Å². The van der Waals surface area contributed by atoms with E-state index in [2.05, 4.69) is 0 Å². The Kier molecular flexibility index (Phi) is 6.05. The predicted molar refractivity (Wildman–Crippen MR) is 98.6 cm³/mol. The molecule has 0 aromatic heterocycles. The average molecular weight is 432 g/mol. The number of halogens is 5. The second-order valence-corrected chi connectivity index (χ2v) is 7.16. The third kappa shape index (κ3) is 4.33. The molecule has 1 aliphatic rings. The van der Waals surface area contributed by atoms with E-state index >= 15 is 0 Å². The molecule has 0 radical (unpaired) electrons. The monoisotopic (exact) mass is 431 g/mol. The second kappa shape index (κ2) is 8.20. The van der Waals surface area contributed by atoms with Crippen LogP contribution in [0.25, 0.3) is 0 Å². The number of hydrogen-bond acceptors (Lipinski definition) is 3. The molecular weight excluding hydrogens is 414 g/mol. The van der Waals surface area contributed by atoms with E-state index in [1.54, 1.807) is 0 Å². The molecule has 0 saturated carbocycles. The third-order valence-corrected chi connectivity index (χ3v) is 5.36. The summed E-state index contributed by atoms with van der Waals surface area (Å²) in [5.74, 6) is -1.51. The Bertz CT molecular complexity index is 919. The molecule has 2 aromatic rings. The van der Waals surface area contributed by atoms with E-state index < -0.39 is 35.6 Å². The first-order valence-electron chi connectivity index (χ1n) is 8.82. The standard InChI is InChI=1S/C20H18ClF4NO3/c1-29-17-7-5-12(22)10-14(17)18(26-8-2-3-16(26)19(27)28)13-9-11(20(23,24)25)4-6-15(13)21/h4-7,9-10,16,18H,2-3,8H2,1H3,(H,27,28). The number of ether oxygens (including phenoxy) is 1. The number of nitrogens with zero attached hydrogens (tertiary/aromatic N) is 1. The van der Waals surface area contributed by atoms with Crippen molar-refractivity contribution in [3.63, 3.8) is 0 Å². The fourth-order valence-electron chi connectivity index (χ4n) is 3.74. The van der Waals surface area contributed by atoms with E-state index in [0.29, 0.717) is 19.4 Å². The van der Waals surface area contributed by atoms with Crippen molar-refractivity contribution >= 4 is 17.6 Å². The summed E-state index contributed by atoms with van der Waals surface area (Å²) in [4.78, 5) is 13.3. The van der Waals surface area contributed by atoms with Crippen LogP contribution in [0, 0.1) is 5.82 Å². The maximum Gasteiger partial charge on any atom is 0.416 e. The van der Waals surface area contributed by atoms with Gasteiger partial charge in [-0.3, -0.25) is 9.69 Å². The first-order valence-corrected chi connectivity index (χ1v) is 9.20. The van der Waals surface area contributed by atoms with E-state index in [-0.39, 0.29) is 21.9 Å². The van der Waals surface area contributed by atoms with Gasteiger partial charge in [-0.25, -0.2) is 4.39 Å². The maximum absolute atomic E-state index is 14.1. The van der Waals surface area contributed by atoms with E-state index in [1.807, 2.05) is 0 Å². The smallest absolute Gasteiger partial charge is 0.416 e. The summed E-state index contributed by atoms with van der Waals surface area (Å²) < 4.78 is 59.3. The minimum absolute atomic E-state index is 0.0188. The molecule has 0 amide bonds. The molecule has 156 valence electrons. The van der Waals surface area contributed by atoms with E-state index in [1.165, 1.54) is 18.1 Å². The first kappa shape index (κ1) is 21.4. The number of carbonyl (C=O) groups is 1. The average Bonchev–Trinajstić information content (AvgIpc) is 3.12. The summed E-state index contributed by atoms with van der Waals surface area (Å²) in [6, 6.07) is 4.52. The van der Waals surface area contributed by atoms with Gasteiger partial charge in [-0.15, -0.1) is 0 Å². The minimum Gasteiger partial charge on any atom is -0.496 e. The highest BCUT2D eigenvalue weighted by Crippen LogP contribution is 2.43. The number of alkyl halides is 3. The first-order chi connectivity index (χ1) is 13.6. The van der Waals surface area contributed by atoms with Crippen molar-refractivity contribution in [1.82, 2.24) is 4.90 Å². The van der Waals surface area contributed by atoms with Gasteiger partial charge in [0.1, 0.15) is 17.6 Å². The fourth-order valence-corrected chi connectivity index (χ4v) is 3.96. The molecule has 9 heteroatoms. The van der Waals surface area contributed by atoms with Gasteiger partial charge in [0.05, 0.1) is 18.7 Å². The number of hydrogen-bond donors (Lipinski definition) is 1. The zero-order chi connectivity index (χ0) is 21.3. The number of carboxylic acids is 1. The Labute approximate surface area is 169 Å². The molecule has 0 bridgehead atoms. The van der Waals surface area contributed by atoms with Crippen LogP contribution in [0.1, 0.15) is 35.6 Å². The Morgan fingerprint density at radius 3 is 2.59 bits per heavy atom. The van der Waals surface area contributed by atoms with Crippen molar-refractivity contribution in [2.45, 2.75) is 31.1 Å². The summed E-state index contributed by atoms with van der Waals surface area (Å²) in [6.07, 6.45) is -3.77. The maximum atomic E-state index is 14.1. The van der Waals surface area contributed by atoms with Crippen molar-refractivity contribution in [3.05, 3.63) is 63.9 Å². The van der Waals surface area contributed by atoms with Crippen molar-refractivity contribution < 1.29 is 32.2 Å². The minimum atomic E-state index is -4.62. The van der Waals surface area contributed by atoms with Gasteiger partial charge in [0.25, 0.3) is 0 Å². The third-order valence-electron chi connectivity index (χ3n) is 5.02. The van der Waals surface area contributed by atoms with Gasteiger partial charge in [0.2, 0.25) is 0 Å². The lowest BCUT2D eigenvalue weighted by atomic mass is 9.93. The van der Waals surface area contributed by atoms with E-state index in [4.69, 9.17) is 16.3 Å². The number of aliphatic carboxylic acids is 1. The lowest BCUT2D eigenvalue weighted by molar-refractivity contribution is -0.143. The highest BCUT2D eigenvalue weighted by Gasteiger charge is 2.40. The number of rotatable bonds is 5. The predicted octanol–water partition coefficient (Wildman–Crippen LogP) is 5.14. The molecule has 1 N–H and O–H groups in total. The van der Waals surface area contributed by atoms with Gasteiger partial charge in [-0.1, -0.05) is 11.6 Å². The normalized spacial score (nSPS) is 18.6. The van der Waals surface area contributed by atoms with Crippen LogP contribution < -0.4 is 4.74 Å². The quantitative estimate of drug-likeness (QED) is 0.666. The van der Waals surface area contributed by atoms with Crippen molar-refractivity contribution in [3.8, 4) is 5.75 Å². The summed E-state index contributed by atoms with van der Waals surface area (Å²) in [6.45, 7) is 0.299. The van der Waals surface area contributed by atoms with Crippen LogP contribution in [-0.4, -0.2) is 35.7 Å². The summed E-state index contributed by atoms with van der Waals surface area (Å²) in [5, 5.41) is 9.62. The number of methoxy groups -OCH3 is 1. The summed E-state index contributed by atoms with van der Waals surface area (Å²) in [5.41, 5.74) is -0.677. The van der Waals surface area contributed by atoms with Gasteiger partial charge >= 0.3 is 12.1 Å². The second-order valence-electron chi connectivity index (χ2n) is 6.76. The zero-order valence-corrected chi connectivity index (χ0v) is 16.1. The van der Waals surface area contributed by atoms with Crippen LogP contribution in [0.4, 0.5) is 17.6 Å². The SMILES string of the molecule is COc1ccc(F)cc1C(c1cc(C(F)(F)F)ccc1Cl)N1CCCC1C(=O)O. The van der Waals surface area contributed by atoms with Crippen LogP contribution in [-0.2, 0) is 11.0 Å². The lowest BCUT2D eigenvalue weighted by Gasteiger charge is -2.33. The molecule has 1 fully saturated rings. The zero-order valence-electron chi connectivity index (χ0n) is 15.3. The number of carboxylic acid groups (broad SMARTS) is 1. The highest BCUT2D eigenvalue weighted by molar-refractivity contribution is 6.31. The molecule has 2 atom stereocenters. The molecule has 1 aliphatic heterocycles. The Morgan fingerprint density at radius 2 is 1.97 bits per heavy atom. The Morgan fingerprint density at radius 1 is 1.24 bits per heavy atom. The molecule has 2 unspecified atom stereocenters. The molecule has 3 rings (SSSR count). The van der Waals surface area contributed by atoms with Crippen molar-refractivity contribution in [1.29, 1.82) is 0 Å². The van der Waals surface area contributed by atoms with Gasteiger partial charge in [-0.05, 0) is 54.8 Å². The summed E-state index contributed by atoms with van der Waals surface area (Å²) in [7, 11) is 1.35. The van der Waals surface area contributed by atoms with Gasteiger partial charge in [0, 0.05) is 17.1 Å². The topological polar surface area (TPSA) is 49.8 Å².